The number of carbonyl (C=O) groups excluding carboxylic acids is 2. The topological polar surface area (TPSA) is 55.4 Å². The molecule has 1 rings (SSSR count). The average Bonchev–Trinajstić information content (AvgIpc) is 2.09. The number of nitrogens with one attached hydrogen (secondary N) is 1. The van der Waals surface area contributed by atoms with Gasteiger partial charge >= 0.3 is 11.9 Å². The normalized spacial score (nSPS) is 18.6. The lowest BCUT2D eigenvalue weighted by molar-refractivity contribution is -0.153. The van der Waals surface area contributed by atoms with Crippen LogP contribution in [0.15, 0.2) is 0 Å². The maximum Gasteiger partial charge on any atom is 0.396 e. The first kappa shape index (κ1) is 10.0. The summed E-state index contributed by atoms with van der Waals surface area (Å²) in [5, 5.41) is 2.56. The highest BCUT2D eigenvalue weighted by Crippen LogP contribution is 2.39. The molecule has 0 heterocycles. The summed E-state index contributed by atoms with van der Waals surface area (Å²) >= 11 is 0. The van der Waals surface area contributed by atoms with E-state index < -0.39 is 11.9 Å². The van der Waals surface area contributed by atoms with Crippen molar-refractivity contribution in [2.75, 3.05) is 13.7 Å². The van der Waals surface area contributed by atoms with E-state index in [1.54, 1.807) is 0 Å². The zero-order valence-corrected chi connectivity index (χ0v) is 8.05. The second-order valence-corrected chi connectivity index (χ2v) is 3.84. The molecule has 4 heteroatoms. The van der Waals surface area contributed by atoms with E-state index in [0.29, 0.717) is 6.54 Å². The van der Waals surface area contributed by atoms with E-state index in [4.69, 9.17) is 0 Å². The summed E-state index contributed by atoms with van der Waals surface area (Å²) in [5.41, 5.74) is 0.198. The zero-order chi connectivity index (χ0) is 9.90. The Kier molecular flexibility index (Phi) is 2.90. The van der Waals surface area contributed by atoms with Gasteiger partial charge in [0, 0.05) is 6.54 Å². The van der Waals surface area contributed by atoms with Crippen LogP contribution in [0.5, 0.6) is 0 Å². The van der Waals surface area contributed by atoms with Crippen molar-refractivity contribution >= 4 is 11.9 Å². The fraction of sp³-hybridized carbons (Fsp3) is 0.778. The van der Waals surface area contributed by atoms with Crippen molar-refractivity contribution in [2.45, 2.75) is 26.2 Å². The van der Waals surface area contributed by atoms with Crippen molar-refractivity contribution in [3.63, 3.8) is 0 Å². The molecule has 1 saturated carbocycles. The summed E-state index contributed by atoms with van der Waals surface area (Å²) in [4.78, 5) is 21.7. The van der Waals surface area contributed by atoms with Gasteiger partial charge in [-0.05, 0) is 18.3 Å². The Bertz CT molecular complexity index is 221. The van der Waals surface area contributed by atoms with Gasteiger partial charge in [0.2, 0.25) is 0 Å². The Morgan fingerprint density at radius 2 is 2.08 bits per heavy atom. The predicted molar refractivity (Wildman–Crippen MR) is 47.0 cm³/mol. The van der Waals surface area contributed by atoms with Crippen LogP contribution < -0.4 is 5.32 Å². The van der Waals surface area contributed by atoms with Crippen LogP contribution in [0.1, 0.15) is 26.2 Å². The highest BCUT2D eigenvalue weighted by Gasteiger charge is 2.32. The van der Waals surface area contributed by atoms with Crippen molar-refractivity contribution < 1.29 is 14.3 Å². The van der Waals surface area contributed by atoms with Crippen LogP contribution in [0.2, 0.25) is 0 Å². The monoisotopic (exact) mass is 185 g/mol. The fourth-order valence-corrected chi connectivity index (χ4v) is 1.42. The third-order valence-corrected chi connectivity index (χ3v) is 2.61. The third kappa shape index (κ3) is 2.44. The van der Waals surface area contributed by atoms with Crippen LogP contribution in [-0.2, 0) is 14.3 Å². The van der Waals surface area contributed by atoms with Gasteiger partial charge in [0.15, 0.2) is 0 Å². The van der Waals surface area contributed by atoms with Gasteiger partial charge in [0.25, 0.3) is 0 Å². The second-order valence-electron chi connectivity index (χ2n) is 3.84. The number of hydrogen-bond donors (Lipinski definition) is 1. The van der Waals surface area contributed by atoms with Gasteiger partial charge in [-0.1, -0.05) is 13.3 Å². The lowest BCUT2D eigenvalue weighted by Gasteiger charge is -2.38. The number of ether oxygens (including phenoxy) is 1. The molecule has 1 aliphatic rings. The molecule has 0 bridgehead atoms. The van der Waals surface area contributed by atoms with Crippen LogP contribution in [-0.4, -0.2) is 25.5 Å². The molecule has 13 heavy (non-hydrogen) atoms. The Labute approximate surface area is 77.6 Å². The minimum Gasteiger partial charge on any atom is -0.462 e. The van der Waals surface area contributed by atoms with Crippen LogP contribution in [0.4, 0.5) is 0 Å². The molecule has 4 nitrogen and oxygen atoms in total. The van der Waals surface area contributed by atoms with Crippen LogP contribution in [0, 0.1) is 5.41 Å². The number of methoxy groups -OCH3 is 1. The van der Waals surface area contributed by atoms with Crippen molar-refractivity contribution in [3.05, 3.63) is 0 Å². The number of rotatable bonds is 2. The smallest absolute Gasteiger partial charge is 0.396 e. The Morgan fingerprint density at radius 3 is 2.46 bits per heavy atom. The maximum absolute atomic E-state index is 11.0. The van der Waals surface area contributed by atoms with E-state index in [2.05, 4.69) is 17.0 Å². The molecule has 0 spiro atoms. The largest absolute Gasteiger partial charge is 0.462 e. The minimum absolute atomic E-state index is 0.198. The molecule has 1 fully saturated rings. The molecule has 74 valence electrons. The molecule has 0 aliphatic heterocycles. The quantitative estimate of drug-likeness (QED) is 0.502. The summed E-state index contributed by atoms with van der Waals surface area (Å²) in [5.74, 6) is -1.46. The van der Waals surface area contributed by atoms with E-state index >= 15 is 0 Å². The Hall–Kier alpha value is -1.06. The SMILES string of the molecule is COC(=O)C(=O)NCC1(C)CCC1. The molecule has 1 amide bonds. The van der Waals surface area contributed by atoms with Crippen LogP contribution in [0.3, 0.4) is 0 Å². The molecule has 0 radical (unpaired) electrons. The second kappa shape index (κ2) is 3.77. The third-order valence-electron chi connectivity index (χ3n) is 2.61. The van der Waals surface area contributed by atoms with E-state index in [-0.39, 0.29) is 5.41 Å². The van der Waals surface area contributed by atoms with Crippen molar-refractivity contribution in [2.24, 2.45) is 5.41 Å². The van der Waals surface area contributed by atoms with Gasteiger partial charge in [-0.3, -0.25) is 4.79 Å². The summed E-state index contributed by atoms with van der Waals surface area (Å²) < 4.78 is 4.28. The van der Waals surface area contributed by atoms with Crippen LogP contribution >= 0.6 is 0 Å². The Balaban J connectivity index is 2.25. The highest BCUT2D eigenvalue weighted by atomic mass is 16.5. The Morgan fingerprint density at radius 1 is 1.46 bits per heavy atom. The van der Waals surface area contributed by atoms with E-state index in [0.717, 1.165) is 12.8 Å². The van der Waals surface area contributed by atoms with Gasteiger partial charge < -0.3 is 10.1 Å². The molecule has 0 aromatic rings. The molecule has 0 aromatic carbocycles. The lowest BCUT2D eigenvalue weighted by atomic mass is 9.70. The summed E-state index contributed by atoms with van der Waals surface area (Å²) in [6.45, 7) is 2.68. The first-order chi connectivity index (χ1) is 6.07. The molecule has 0 aromatic heterocycles. The fourth-order valence-electron chi connectivity index (χ4n) is 1.42. The standard InChI is InChI=1S/C9H15NO3/c1-9(4-3-5-9)6-10-7(11)8(12)13-2/h3-6H2,1-2H3,(H,10,11). The first-order valence-corrected chi connectivity index (χ1v) is 4.43. The van der Waals surface area contributed by atoms with Gasteiger partial charge in [0.05, 0.1) is 7.11 Å². The van der Waals surface area contributed by atoms with Gasteiger partial charge in [-0.2, -0.15) is 0 Å². The van der Waals surface area contributed by atoms with Crippen molar-refractivity contribution in [1.82, 2.24) is 5.32 Å². The number of esters is 1. The molecule has 1 aliphatic carbocycles. The lowest BCUT2D eigenvalue weighted by Crippen LogP contribution is -2.42. The predicted octanol–water partition coefficient (Wildman–Crippen LogP) is 0.466. The maximum atomic E-state index is 11.0. The number of carbonyl (C=O) groups is 2. The first-order valence-electron chi connectivity index (χ1n) is 4.43. The highest BCUT2D eigenvalue weighted by molar-refractivity contribution is 6.32. The van der Waals surface area contributed by atoms with Crippen molar-refractivity contribution in [1.29, 1.82) is 0 Å². The summed E-state index contributed by atoms with van der Waals surface area (Å²) in [6.07, 6.45) is 3.45. The molecule has 1 N–H and O–H groups in total. The molecule has 0 atom stereocenters. The molecule has 0 saturated heterocycles. The molecular weight excluding hydrogens is 170 g/mol. The number of amides is 1. The van der Waals surface area contributed by atoms with Gasteiger partial charge in [-0.25, -0.2) is 4.79 Å². The summed E-state index contributed by atoms with van der Waals surface area (Å²) in [6, 6.07) is 0. The van der Waals surface area contributed by atoms with E-state index in [1.807, 2.05) is 0 Å². The number of hydrogen-bond acceptors (Lipinski definition) is 3. The average molecular weight is 185 g/mol. The van der Waals surface area contributed by atoms with E-state index in [9.17, 15) is 9.59 Å². The minimum atomic E-state index is -0.817. The molecule has 0 unspecified atom stereocenters. The van der Waals surface area contributed by atoms with Crippen molar-refractivity contribution in [3.8, 4) is 0 Å². The van der Waals surface area contributed by atoms with Gasteiger partial charge in [0.1, 0.15) is 0 Å². The van der Waals surface area contributed by atoms with E-state index in [1.165, 1.54) is 13.5 Å². The molecular formula is C9H15NO3. The summed E-state index contributed by atoms with van der Waals surface area (Å²) in [7, 11) is 1.20. The zero-order valence-electron chi connectivity index (χ0n) is 8.05. The van der Waals surface area contributed by atoms with Gasteiger partial charge in [-0.15, -0.1) is 0 Å². The van der Waals surface area contributed by atoms with Crippen LogP contribution in [0.25, 0.3) is 0 Å².